The molecule has 7 nitrogen and oxygen atoms in total. The van der Waals surface area contributed by atoms with E-state index >= 15 is 0 Å². The molecule has 1 aromatic carbocycles. The summed E-state index contributed by atoms with van der Waals surface area (Å²) in [6.45, 7) is 2.59. The van der Waals surface area contributed by atoms with Crippen LogP contribution in [0.3, 0.4) is 0 Å². The van der Waals surface area contributed by atoms with E-state index in [1.165, 1.54) is 13.2 Å². The fourth-order valence-electron chi connectivity index (χ4n) is 2.12. The van der Waals surface area contributed by atoms with Gasteiger partial charge < -0.3 is 24.6 Å². The lowest BCUT2D eigenvalue weighted by Gasteiger charge is -2.20. The normalized spacial score (nSPS) is 14.3. The van der Waals surface area contributed by atoms with Crippen LogP contribution in [-0.4, -0.2) is 43.3 Å². The van der Waals surface area contributed by atoms with E-state index in [0.717, 1.165) is 0 Å². The maximum absolute atomic E-state index is 11.8. The van der Waals surface area contributed by atoms with E-state index in [2.05, 4.69) is 5.32 Å². The lowest BCUT2D eigenvalue weighted by atomic mass is 10.1. The summed E-state index contributed by atoms with van der Waals surface area (Å²) in [6.07, 6.45) is 3.15. The highest BCUT2D eigenvalue weighted by Gasteiger charge is 2.18. The quantitative estimate of drug-likeness (QED) is 0.770. The number of methoxy groups -OCH3 is 1. The number of carboxylic acids is 1. The number of carbonyl (C=O) groups is 2. The van der Waals surface area contributed by atoms with Crippen LogP contribution in [0.25, 0.3) is 6.08 Å². The Balaban J connectivity index is 2.13. The van der Waals surface area contributed by atoms with Gasteiger partial charge in [-0.05, 0) is 30.2 Å². The minimum absolute atomic E-state index is 0.312. The van der Waals surface area contributed by atoms with Crippen LogP contribution in [0.4, 0.5) is 0 Å². The number of rotatable bonds is 6. The molecule has 7 heteroatoms. The van der Waals surface area contributed by atoms with Gasteiger partial charge in [-0.3, -0.25) is 4.79 Å². The average Bonchev–Trinajstić information content (AvgIpc) is 2.56. The number of carbonyl (C=O) groups excluding carboxylic acids is 1. The van der Waals surface area contributed by atoms with Crippen LogP contribution in [0.1, 0.15) is 18.9 Å². The average molecular weight is 321 g/mol. The molecule has 0 fully saturated rings. The van der Waals surface area contributed by atoms with Crippen LogP contribution >= 0.6 is 0 Å². The van der Waals surface area contributed by atoms with Crippen molar-refractivity contribution in [2.75, 3.05) is 20.3 Å². The zero-order valence-electron chi connectivity index (χ0n) is 13.0. The number of hydrogen-bond donors (Lipinski definition) is 2. The number of amides is 1. The number of hydrogen-bond acceptors (Lipinski definition) is 5. The molecule has 0 spiro atoms. The highest BCUT2D eigenvalue weighted by Crippen LogP contribution is 2.40. The molecule has 0 saturated heterocycles. The Hall–Kier alpha value is -2.70. The zero-order chi connectivity index (χ0) is 16.8. The number of carboxylic acid groups (broad SMARTS) is 1. The molecule has 124 valence electrons. The number of aliphatic carboxylic acids is 1. The summed E-state index contributed by atoms with van der Waals surface area (Å²) in [4.78, 5) is 22.7. The number of fused-ring (bicyclic) bond motifs is 1. The van der Waals surface area contributed by atoms with Crippen molar-refractivity contribution in [2.24, 2.45) is 0 Å². The van der Waals surface area contributed by atoms with E-state index in [1.807, 2.05) is 0 Å². The molecule has 0 bridgehead atoms. The van der Waals surface area contributed by atoms with Crippen molar-refractivity contribution in [1.82, 2.24) is 5.32 Å². The highest BCUT2D eigenvalue weighted by molar-refractivity contribution is 5.94. The maximum Gasteiger partial charge on any atom is 0.326 e. The first kappa shape index (κ1) is 16.7. The molecule has 23 heavy (non-hydrogen) atoms. The molecule has 1 heterocycles. The fraction of sp³-hybridized carbons (Fsp3) is 0.375. The van der Waals surface area contributed by atoms with Gasteiger partial charge >= 0.3 is 5.97 Å². The van der Waals surface area contributed by atoms with Crippen LogP contribution in [0.2, 0.25) is 0 Å². The number of nitrogens with one attached hydrogen (secondary N) is 1. The molecule has 1 unspecified atom stereocenters. The first-order valence-electron chi connectivity index (χ1n) is 7.24. The van der Waals surface area contributed by atoms with Gasteiger partial charge in [0.05, 0.1) is 7.11 Å². The van der Waals surface area contributed by atoms with Gasteiger partial charge in [-0.2, -0.15) is 0 Å². The van der Waals surface area contributed by atoms with Crippen LogP contribution < -0.4 is 19.5 Å². The van der Waals surface area contributed by atoms with Gasteiger partial charge in [0.1, 0.15) is 19.3 Å². The molecular formula is C16H19NO6. The monoisotopic (exact) mass is 321 g/mol. The Morgan fingerprint density at radius 1 is 1.39 bits per heavy atom. The summed E-state index contributed by atoms with van der Waals surface area (Å²) in [5.41, 5.74) is 0.685. The minimum Gasteiger partial charge on any atom is -0.493 e. The Morgan fingerprint density at radius 2 is 2.13 bits per heavy atom. The third-order valence-corrected chi connectivity index (χ3v) is 3.30. The van der Waals surface area contributed by atoms with E-state index in [0.29, 0.717) is 42.4 Å². The highest BCUT2D eigenvalue weighted by atomic mass is 16.6. The molecule has 1 aromatic rings. The first-order valence-corrected chi connectivity index (χ1v) is 7.24. The standard InChI is InChI=1S/C16H19NO6/c1-3-11(16(19)20)17-14(18)5-4-10-8-12(21-2)15-13(9-10)22-6-7-23-15/h4-5,8-9,11H,3,6-7H2,1-2H3,(H,17,18)(H,19,20)/b5-4+. The van der Waals surface area contributed by atoms with Gasteiger partial charge in [-0.15, -0.1) is 0 Å². The second kappa shape index (κ2) is 7.53. The molecule has 0 radical (unpaired) electrons. The van der Waals surface area contributed by atoms with Gasteiger partial charge in [0.15, 0.2) is 11.5 Å². The predicted molar refractivity (Wildman–Crippen MR) is 82.9 cm³/mol. The van der Waals surface area contributed by atoms with Crippen LogP contribution in [-0.2, 0) is 9.59 Å². The Morgan fingerprint density at radius 3 is 2.78 bits per heavy atom. The fourth-order valence-corrected chi connectivity index (χ4v) is 2.12. The molecule has 1 atom stereocenters. The van der Waals surface area contributed by atoms with Crippen molar-refractivity contribution in [1.29, 1.82) is 0 Å². The predicted octanol–water partition coefficient (Wildman–Crippen LogP) is 1.46. The third-order valence-electron chi connectivity index (χ3n) is 3.30. The van der Waals surface area contributed by atoms with Crippen molar-refractivity contribution in [3.05, 3.63) is 23.8 Å². The van der Waals surface area contributed by atoms with Gasteiger partial charge in [-0.25, -0.2) is 4.79 Å². The van der Waals surface area contributed by atoms with Gasteiger partial charge in [0.2, 0.25) is 11.7 Å². The summed E-state index contributed by atoms with van der Waals surface area (Å²) < 4.78 is 16.3. The van der Waals surface area contributed by atoms with Crippen LogP contribution in [0, 0.1) is 0 Å². The lowest BCUT2D eigenvalue weighted by molar-refractivity contribution is -0.141. The van der Waals surface area contributed by atoms with Crippen molar-refractivity contribution in [3.63, 3.8) is 0 Å². The van der Waals surface area contributed by atoms with Gasteiger partial charge in [0.25, 0.3) is 0 Å². The van der Waals surface area contributed by atoms with Crippen molar-refractivity contribution in [2.45, 2.75) is 19.4 Å². The minimum atomic E-state index is -1.06. The Bertz CT molecular complexity index is 608. The first-order chi connectivity index (χ1) is 11.0. The SMILES string of the molecule is CCC(NC(=O)/C=C/c1cc(OC)c2c(c1)OCCO2)C(=O)O. The van der Waals surface area contributed by atoms with Gasteiger partial charge in [0, 0.05) is 6.08 Å². The van der Waals surface area contributed by atoms with Gasteiger partial charge in [-0.1, -0.05) is 6.92 Å². The molecule has 0 aliphatic carbocycles. The van der Waals surface area contributed by atoms with E-state index in [9.17, 15) is 9.59 Å². The van der Waals surface area contributed by atoms with Crippen LogP contribution in [0.5, 0.6) is 17.2 Å². The van der Waals surface area contributed by atoms with E-state index in [1.54, 1.807) is 25.1 Å². The molecule has 0 saturated carbocycles. The summed E-state index contributed by atoms with van der Waals surface area (Å²) >= 11 is 0. The Labute approximate surface area is 133 Å². The second-order valence-electron chi connectivity index (χ2n) is 4.89. The molecule has 2 rings (SSSR count). The number of benzene rings is 1. The maximum atomic E-state index is 11.8. The molecule has 0 aromatic heterocycles. The summed E-state index contributed by atoms with van der Waals surface area (Å²) in [5.74, 6) is 0.0625. The molecular weight excluding hydrogens is 302 g/mol. The summed E-state index contributed by atoms with van der Waals surface area (Å²) in [5, 5.41) is 11.3. The Kier molecular flexibility index (Phi) is 5.46. The molecule has 1 amide bonds. The zero-order valence-corrected chi connectivity index (χ0v) is 13.0. The number of ether oxygens (including phenoxy) is 3. The second-order valence-corrected chi connectivity index (χ2v) is 4.89. The van der Waals surface area contributed by atoms with Crippen molar-refractivity contribution < 1.29 is 28.9 Å². The van der Waals surface area contributed by atoms with E-state index in [-0.39, 0.29) is 0 Å². The van der Waals surface area contributed by atoms with E-state index < -0.39 is 17.9 Å². The van der Waals surface area contributed by atoms with Crippen molar-refractivity contribution >= 4 is 18.0 Å². The largest absolute Gasteiger partial charge is 0.493 e. The summed E-state index contributed by atoms with van der Waals surface area (Å²) in [7, 11) is 1.52. The van der Waals surface area contributed by atoms with E-state index in [4.69, 9.17) is 19.3 Å². The topological polar surface area (TPSA) is 94.1 Å². The molecule has 1 aliphatic heterocycles. The summed E-state index contributed by atoms with van der Waals surface area (Å²) in [6, 6.07) is 2.54. The lowest BCUT2D eigenvalue weighted by Crippen LogP contribution is -2.39. The van der Waals surface area contributed by atoms with Crippen LogP contribution in [0.15, 0.2) is 18.2 Å². The molecule has 2 N–H and O–H groups in total. The third kappa shape index (κ3) is 4.15. The molecule has 1 aliphatic rings. The smallest absolute Gasteiger partial charge is 0.326 e. The van der Waals surface area contributed by atoms with Crippen molar-refractivity contribution in [3.8, 4) is 17.2 Å².